The fourth-order valence-corrected chi connectivity index (χ4v) is 1.27. The lowest BCUT2D eigenvalue weighted by Crippen LogP contribution is -1.91. The molecule has 0 amide bonds. The van der Waals surface area contributed by atoms with E-state index in [0.29, 0.717) is 5.71 Å². The Hall–Kier alpha value is -0.900. The topological polar surface area (TPSA) is 45.5 Å². The smallest absolute Gasteiger partial charge is 0.140 e. The average molecular weight is 156 g/mol. The highest BCUT2D eigenvalue weighted by atomic mass is 32.1. The van der Waals surface area contributed by atoms with Gasteiger partial charge in [0.15, 0.2) is 0 Å². The first-order valence-electron chi connectivity index (χ1n) is 2.85. The maximum absolute atomic E-state index is 8.35. The summed E-state index contributed by atoms with van der Waals surface area (Å²) < 4.78 is 0. The Balaban J connectivity index is 2.95. The number of oxime groups is 1. The molecule has 0 unspecified atom stereocenters. The molecule has 4 heteroatoms. The van der Waals surface area contributed by atoms with Crippen molar-refractivity contribution in [3.63, 3.8) is 0 Å². The second kappa shape index (κ2) is 2.79. The van der Waals surface area contributed by atoms with Gasteiger partial charge in [0.2, 0.25) is 0 Å². The van der Waals surface area contributed by atoms with E-state index in [4.69, 9.17) is 5.21 Å². The van der Waals surface area contributed by atoms with Crippen LogP contribution in [0.3, 0.4) is 0 Å². The van der Waals surface area contributed by atoms with E-state index in [1.807, 2.05) is 6.92 Å². The van der Waals surface area contributed by atoms with E-state index in [9.17, 15) is 0 Å². The van der Waals surface area contributed by atoms with Crippen molar-refractivity contribution in [2.45, 2.75) is 13.8 Å². The summed E-state index contributed by atoms with van der Waals surface area (Å²) in [7, 11) is 0. The van der Waals surface area contributed by atoms with Crippen molar-refractivity contribution in [2.75, 3.05) is 0 Å². The molecule has 0 aliphatic carbocycles. The van der Waals surface area contributed by atoms with Gasteiger partial charge in [-0.3, -0.25) is 0 Å². The molecule has 0 spiro atoms. The molecular weight excluding hydrogens is 148 g/mol. The largest absolute Gasteiger partial charge is 0.411 e. The van der Waals surface area contributed by atoms with Crippen molar-refractivity contribution in [3.05, 3.63) is 16.1 Å². The molecule has 1 heterocycles. The highest BCUT2D eigenvalue weighted by Gasteiger charge is 2.00. The van der Waals surface area contributed by atoms with Crippen LogP contribution < -0.4 is 0 Å². The van der Waals surface area contributed by atoms with E-state index in [0.717, 1.165) is 9.88 Å². The number of hydrogen-bond acceptors (Lipinski definition) is 4. The molecule has 1 aromatic rings. The van der Waals surface area contributed by atoms with Gasteiger partial charge in [-0.25, -0.2) is 4.98 Å². The second-order valence-electron chi connectivity index (χ2n) is 1.96. The summed E-state index contributed by atoms with van der Waals surface area (Å²) in [6, 6.07) is 0. The lowest BCUT2D eigenvalue weighted by Gasteiger charge is -1.86. The van der Waals surface area contributed by atoms with Crippen molar-refractivity contribution >= 4 is 17.0 Å². The van der Waals surface area contributed by atoms with Crippen molar-refractivity contribution in [2.24, 2.45) is 5.16 Å². The molecule has 0 saturated carbocycles. The Morgan fingerprint density at radius 2 is 2.50 bits per heavy atom. The SMILES string of the molecule is CC(=NO)c1ncc(C)s1. The molecule has 0 saturated heterocycles. The molecule has 1 aromatic heterocycles. The maximum Gasteiger partial charge on any atom is 0.140 e. The number of aryl methyl sites for hydroxylation is 1. The Labute approximate surface area is 63.0 Å². The predicted molar refractivity (Wildman–Crippen MR) is 40.8 cm³/mol. The third kappa shape index (κ3) is 1.33. The normalized spacial score (nSPS) is 12.0. The number of rotatable bonds is 1. The average Bonchev–Trinajstić information content (AvgIpc) is 2.34. The Kier molecular flexibility index (Phi) is 2.01. The highest BCUT2D eigenvalue weighted by Crippen LogP contribution is 2.11. The van der Waals surface area contributed by atoms with Gasteiger partial charge in [0.25, 0.3) is 0 Å². The third-order valence-electron chi connectivity index (χ3n) is 1.08. The summed E-state index contributed by atoms with van der Waals surface area (Å²) in [6.07, 6.45) is 1.76. The van der Waals surface area contributed by atoms with Gasteiger partial charge < -0.3 is 5.21 Å². The van der Waals surface area contributed by atoms with Crippen LogP contribution in [0.4, 0.5) is 0 Å². The minimum atomic E-state index is 0.568. The standard InChI is InChI=1S/C6H8N2OS/c1-4-3-7-6(10-4)5(2)8-9/h3,9H,1-2H3. The lowest BCUT2D eigenvalue weighted by atomic mass is 10.5. The molecule has 1 N–H and O–H groups in total. The van der Waals surface area contributed by atoms with Crippen LogP contribution in [0.1, 0.15) is 16.8 Å². The Morgan fingerprint density at radius 1 is 1.80 bits per heavy atom. The molecule has 1 rings (SSSR count). The second-order valence-corrected chi connectivity index (χ2v) is 3.20. The van der Waals surface area contributed by atoms with Gasteiger partial charge >= 0.3 is 0 Å². The molecule has 0 fully saturated rings. The summed E-state index contributed by atoms with van der Waals surface area (Å²) >= 11 is 1.52. The maximum atomic E-state index is 8.35. The van der Waals surface area contributed by atoms with Crippen LogP contribution >= 0.6 is 11.3 Å². The van der Waals surface area contributed by atoms with Crippen LogP contribution in [0.15, 0.2) is 11.4 Å². The van der Waals surface area contributed by atoms with Crippen molar-refractivity contribution in [3.8, 4) is 0 Å². The van der Waals surface area contributed by atoms with Gasteiger partial charge in [-0.1, -0.05) is 5.16 Å². The molecule has 0 bridgehead atoms. The molecule has 0 radical (unpaired) electrons. The molecule has 0 aromatic carbocycles. The van der Waals surface area contributed by atoms with Gasteiger partial charge in [-0.15, -0.1) is 11.3 Å². The van der Waals surface area contributed by atoms with Crippen LogP contribution in [0.25, 0.3) is 0 Å². The van der Waals surface area contributed by atoms with E-state index >= 15 is 0 Å². The minimum Gasteiger partial charge on any atom is -0.411 e. The van der Waals surface area contributed by atoms with Gasteiger partial charge in [0, 0.05) is 11.1 Å². The third-order valence-corrected chi connectivity index (χ3v) is 2.10. The number of thiazole rings is 1. The van der Waals surface area contributed by atoms with Crippen molar-refractivity contribution in [1.29, 1.82) is 0 Å². The number of hydrogen-bond donors (Lipinski definition) is 1. The molecule has 0 atom stereocenters. The molecule has 54 valence electrons. The first-order valence-corrected chi connectivity index (χ1v) is 3.67. The monoisotopic (exact) mass is 156 g/mol. The van der Waals surface area contributed by atoms with Gasteiger partial charge in [0.1, 0.15) is 10.7 Å². The van der Waals surface area contributed by atoms with Crippen LogP contribution in [-0.2, 0) is 0 Å². The first-order chi connectivity index (χ1) is 4.74. The van der Waals surface area contributed by atoms with Crippen LogP contribution in [0, 0.1) is 6.92 Å². The lowest BCUT2D eigenvalue weighted by molar-refractivity contribution is 0.319. The van der Waals surface area contributed by atoms with E-state index in [1.165, 1.54) is 11.3 Å². The van der Waals surface area contributed by atoms with E-state index in [1.54, 1.807) is 13.1 Å². The predicted octanol–water partition coefficient (Wildman–Crippen LogP) is 1.65. The molecule has 0 aliphatic rings. The van der Waals surface area contributed by atoms with E-state index in [-0.39, 0.29) is 0 Å². The fourth-order valence-electron chi connectivity index (χ4n) is 0.565. The van der Waals surface area contributed by atoms with Crippen LogP contribution in [0.5, 0.6) is 0 Å². The van der Waals surface area contributed by atoms with E-state index in [2.05, 4.69) is 10.1 Å². The Morgan fingerprint density at radius 3 is 2.90 bits per heavy atom. The summed E-state index contributed by atoms with van der Waals surface area (Å²) in [5.41, 5.74) is 0.568. The zero-order chi connectivity index (χ0) is 7.56. The molecule has 0 aliphatic heterocycles. The molecular formula is C6H8N2OS. The first kappa shape index (κ1) is 7.21. The van der Waals surface area contributed by atoms with Crippen molar-refractivity contribution < 1.29 is 5.21 Å². The highest BCUT2D eigenvalue weighted by molar-refractivity contribution is 7.13. The summed E-state index contributed by atoms with van der Waals surface area (Å²) in [4.78, 5) is 5.14. The van der Waals surface area contributed by atoms with Gasteiger partial charge in [-0.05, 0) is 13.8 Å². The quantitative estimate of drug-likeness (QED) is 0.381. The zero-order valence-corrected chi connectivity index (χ0v) is 6.64. The minimum absolute atomic E-state index is 0.568. The van der Waals surface area contributed by atoms with E-state index < -0.39 is 0 Å². The zero-order valence-electron chi connectivity index (χ0n) is 5.83. The number of nitrogens with zero attached hydrogens (tertiary/aromatic N) is 2. The molecule has 10 heavy (non-hydrogen) atoms. The number of aromatic nitrogens is 1. The van der Waals surface area contributed by atoms with Crippen LogP contribution in [0.2, 0.25) is 0 Å². The summed E-state index contributed by atoms with van der Waals surface area (Å²) in [6.45, 7) is 3.68. The fraction of sp³-hybridized carbons (Fsp3) is 0.333. The molecule has 3 nitrogen and oxygen atoms in total. The van der Waals surface area contributed by atoms with Crippen molar-refractivity contribution in [1.82, 2.24) is 4.98 Å². The van der Waals surface area contributed by atoms with Gasteiger partial charge in [-0.2, -0.15) is 0 Å². The summed E-state index contributed by atoms with van der Waals surface area (Å²) in [5.74, 6) is 0. The van der Waals surface area contributed by atoms with Gasteiger partial charge in [0.05, 0.1) is 0 Å². The summed E-state index contributed by atoms with van der Waals surface area (Å²) in [5, 5.41) is 12.2. The Bertz CT molecular complexity index is 254. The van der Waals surface area contributed by atoms with Crippen LogP contribution in [-0.4, -0.2) is 15.9 Å².